The molecule has 200 valence electrons. The van der Waals surface area contributed by atoms with Crippen molar-refractivity contribution >= 4 is 44.6 Å². The fraction of sp³-hybridized carbons (Fsp3) is 0.250. The van der Waals surface area contributed by atoms with Crippen molar-refractivity contribution in [1.82, 2.24) is 20.2 Å². The number of benzene rings is 2. The minimum atomic E-state index is -1.15. The van der Waals surface area contributed by atoms with Gasteiger partial charge in [0, 0.05) is 54.4 Å². The van der Waals surface area contributed by atoms with Crippen molar-refractivity contribution in [1.29, 1.82) is 0 Å². The van der Waals surface area contributed by atoms with Crippen LogP contribution in [0.1, 0.15) is 30.1 Å². The molecule has 1 unspecified atom stereocenters. The number of amides is 3. The number of likely N-dealkylation sites (tertiary alicyclic amines) is 1. The number of carboxylic acids is 1. The summed E-state index contributed by atoms with van der Waals surface area (Å²) in [6.07, 6.45) is 2.72. The molecule has 3 amide bonds. The van der Waals surface area contributed by atoms with E-state index in [0.717, 1.165) is 11.3 Å². The smallest absolute Gasteiger partial charge is 0.550 e. The van der Waals surface area contributed by atoms with Crippen LogP contribution in [0.25, 0.3) is 32.6 Å². The maximum absolute atomic E-state index is 15.9. The Bertz CT molecular complexity index is 1550. The number of piperidine rings is 1. The van der Waals surface area contributed by atoms with Crippen molar-refractivity contribution in [3.8, 4) is 22.4 Å². The van der Waals surface area contributed by atoms with Gasteiger partial charge < -0.3 is 20.1 Å². The fourth-order valence-corrected chi connectivity index (χ4v) is 5.64. The topological polar surface area (TPSA) is 127 Å². The summed E-state index contributed by atoms with van der Waals surface area (Å²) in [4.78, 5) is 46.7. The van der Waals surface area contributed by atoms with Gasteiger partial charge in [0.15, 0.2) is 10.9 Å². The number of urea groups is 1. The summed E-state index contributed by atoms with van der Waals surface area (Å²) in [6, 6.07) is 13.2. The van der Waals surface area contributed by atoms with Gasteiger partial charge in [-0.25, -0.2) is 14.2 Å². The normalized spacial score (nSPS) is 14.8. The van der Waals surface area contributed by atoms with Crippen molar-refractivity contribution in [3.63, 3.8) is 0 Å². The number of pyridine rings is 1. The quantitative estimate of drug-likeness (QED) is 0.342. The Balaban J connectivity index is 0.00000370. The molecule has 1 aliphatic heterocycles. The predicted molar refractivity (Wildman–Crippen MR) is 145 cm³/mol. The van der Waals surface area contributed by atoms with Crippen molar-refractivity contribution in [3.05, 3.63) is 66.1 Å². The molecule has 3 heterocycles. The molecule has 1 fully saturated rings. The molecule has 0 radical (unpaired) electrons. The molecule has 2 aromatic carbocycles. The SMILES string of the molecule is CCNC(=O)Nc1nc2c(F)c(-c3ccc(C(=O)N4CCCC(C(=O)[O-])C4)cc3)cc(-c3ccccn3)c2s1.[Li+]. The third-order valence-electron chi connectivity index (χ3n) is 6.59. The van der Waals surface area contributed by atoms with Crippen LogP contribution in [0.15, 0.2) is 54.7 Å². The number of carbonyl (C=O) groups is 3. The zero-order valence-corrected chi connectivity index (χ0v) is 22.9. The maximum atomic E-state index is 15.9. The number of aromatic nitrogens is 2. The standard InChI is InChI=1S/C28H26FN5O4S.Li/c1-2-30-27(38)33-28-32-23-22(29)19(14-20(24(23)39-28)21-7-3-4-12-31-21)16-8-10-17(11-9-16)25(35)34-13-5-6-18(15-34)26(36)37;/h3-4,7-12,14,18H,2,5-6,13,15H2,1H3,(H,36,37)(H2,30,32,33,38);/q;+1/p-1. The molecule has 2 N–H and O–H groups in total. The number of carbonyl (C=O) groups excluding carboxylic acids is 3. The predicted octanol–water partition coefficient (Wildman–Crippen LogP) is 0.912. The van der Waals surface area contributed by atoms with Gasteiger partial charge in [0.1, 0.15) is 5.52 Å². The van der Waals surface area contributed by atoms with Crippen LogP contribution in [0.2, 0.25) is 0 Å². The first-order valence-corrected chi connectivity index (χ1v) is 13.4. The third-order valence-corrected chi connectivity index (χ3v) is 7.59. The summed E-state index contributed by atoms with van der Waals surface area (Å²) in [7, 11) is 0. The molecular formula is C28H25FLiN5O4S. The second kappa shape index (κ2) is 12.6. The van der Waals surface area contributed by atoms with Gasteiger partial charge in [0.05, 0.1) is 10.4 Å². The van der Waals surface area contributed by atoms with Gasteiger partial charge in [0.25, 0.3) is 5.91 Å². The van der Waals surface area contributed by atoms with E-state index in [0.29, 0.717) is 53.0 Å². The number of carboxylic acid groups (broad SMARTS) is 1. The average molecular weight is 554 g/mol. The van der Waals surface area contributed by atoms with Crippen LogP contribution in [0, 0.1) is 11.7 Å². The number of aliphatic carboxylic acids is 1. The van der Waals surface area contributed by atoms with Crippen molar-refractivity contribution in [2.75, 3.05) is 25.0 Å². The molecule has 1 saturated heterocycles. The number of halogens is 1. The van der Waals surface area contributed by atoms with E-state index in [1.807, 2.05) is 12.1 Å². The number of nitrogens with zero attached hydrogens (tertiary/aromatic N) is 3. The Morgan fingerprint density at radius 3 is 2.60 bits per heavy atom. The molecule has 5 rings (SSSR count). The van der Waals surface area contributed by atoms with Crippen molar-refractivity contribution in [2.45, 2.75) is 19.8 Å². The number of hydrogen-bond acceptors (Lipinski definition) is 7. The van der Waals surface area contributed by atoms with E-state index < -0.39 is 23.7 Å². The van der Waals surface area contributed by atoms with Crippen LogP contribution < -0.4 is 34.6 Å². The second-order valence-electron chi connectivity index (χ2n) is 9.17. The molecule has 0 aliphatic carbocycles. The molecule has 0 bridgehead atoms. The molecule has 1 atom stereocenters. The molecule has 2 aromatic heterocycles. The number of rotatable bonds is 6. The number of nitrogens with one attached hydrogen (secondary N) is 2. The molecule has 0 saturated carbocycles. The number of fused-ring (bicyclic) bond motifs is 1. The van der Waals surface area contributed by atoms with Crippen LogP contribution in [0.4, 0.5) is 14.3 Å². The number of hydrogen-bond donors (Lipinski definition) is 2. The summed E-state index contributed by atoms with van der Waals surface area (Å²) in [5.41, 5.74) is 2.56. The van der Waals surface area contributed by atoms with Crippen LogP contribution in [-0.4, -0.2) is 52.4 Å². The van der Waals surface area contributed by atoms with Crippen LogP contribution >= 0.6 is 11.3 Å². The summed E-state index contributed by atoms with van der Waals surface area (Å²) < 4.78 is 16.4. The minimum absolute atomic E-state index is 0. The minimum Gasteiger partial charge on any atom is -0.550 e. The molecule has 0 spiro atoms. The number of anilines is 1. The monoisotopic (exact) mass is 553 g/mol. The molecule has 40 heavy (non-hydrogen) atoms. The zero-order valence-electron chi connectivity index (χ0n) is 22.1. The van der Waals surface area contributed by atoms with E-state index in [4.69, 9.17) is 0 Å². The fourth-order valence-electron chi connectivity index (χ4n) is 4.66. The Hall–Kier alpha value is -3.78. The summed E-state index contributed by atoms with van der Waals surface area (Å²) in [6.45, 7) is 2.80. The van der Waals surface area contributed by atoms with Gasteiger partial charge in [-0.3, -0.25) is 15.1 Å². The van der Waals surface area contributed by atoms with E-state index >= 15 is 4.39 Å². The Kier molecular flexibility index (Phi) is 9.20. The molecule has 9 nitrogen and oxygen atoms in total. The van der Waals surface area contributed by atoms with Gasteiger partial charge in [-0.15, -0.1) is 0 Å². The van der Waals surface area contributed by atoms with Gasteiger partial charge >= 0.3 is 24.9 Å². The van der Waals surface area contributed by atoms with Crippen LogP contribution in [-0.2, 0) is 4.79 Å². The molecule has 1 aliphatic rings. The molecule has 12 heteroatoms. The molecular weight excluding hydrogens is 528 g/mol. The van der Waals surface area contributed by atoms with Crippen LogP contribution in [0.3, 0.4) is 0 Å². The zero-order chi connectivity index (χ0) is 27.5. The van der Waals surface area contributed by atoms with E-state index in [2.05, 4.69) is 20.6 Å². The van der Waals surface area contributed by atoms with Crippen molar-refractivity contribution < 1.29 is 42.7 Å². The largest absolute Gasteiger partial charge is 1.00 e. The first-order chi connectivity index (χ1) is 18.9. The summed E-state index contributed by atoms with van der Waals surface area (Å²) in [5.74, 6) is -2.67. The van der Waals surface area contributed by atoms with Crippen molar-refractivity contribution in [2.24, 2.45) is 5.92 Å². The van der Waals surface area contributed by atoms with Gasteiger partial charge in [-0.2, -0.15) is 0 Å². The summed E-state index contributed by atoms with van der Waals surface area (Å²) in [5, 5.41) is 16.8. The first-order valence-electron chi connectivity index (χ1n) is 12.6. The van der Waals surface area contributed by atoms with Crippen LogP contribution in [0.5, 0.6) is 0 Å². The van der Waals surface area contributed by atoms with E-state index in [9.17, 15) is 19.5 Å². The van der Waals surface area contributed by atoms with Gasteiger partial charge in [0.2, 0.25) is 0 Å². The van der Waals surface area contributed by atoms with Gasteiger partial charge in [-0.1, -0.05) is 29.5 Å². The Labute approximate surface area is 246 Å². The second-order valence-corrected chi connectivity index (χ2v) is 10.2. The summed E-state index contributed by atoms with van der Waals surface area (Å²) >= 11 is 1.16. The molecule has 4 aromatic rings. The average Bonchev–Trinajstić information content (AvgIpc) is 3.37. The first kappa shape index (κ1) is 29.2. The Morgan fingerprint density at radius 1 is 1.15 bits per heavy atom. The van der Waals surface area contributed by atoms with E-state index in [1.54, 1.807) is 49.5 Å². The van der Waals surface area contributed by atoms with Gasteiger partial charge in [-0.05, 0) is 55.7 Å². The Morgan fingerprint density at radius 2 is 1.93 bits per heavy atom. The number of thiazole rings is 1. The van der Waals surface area contributed by atoms with E-state index in [1.165, 1.54) is 4.90 Å². The maximum Gasteiger partial charge on any atom is 1.00 e. The van der Waals surface area contributed by atoms with E-state index in [-0.39, 0.29) is 47.5 Å². The third kappa shape index (κ3) is 6.02.